The average Bonchev–Trinajstić information content (AvgIpc) is 3.14. The molecule has 0 atom stereocenters. The van der Waals surface area contributed by atoms with Gasteiger partial charge < -0.3 is 20.1 Å². The first kappa shape index (κ1) is 22.9. The number of hydrogen-bond donors (Lipinski definition) is 0. The molecule has 5 rings (SSSR count). The smallest absolute Gasteiger partial charge is 0.358 e. The van der Waals surface area contributed by atoms with Crippen molar-refractivity contribution in [3.63, 3.8) is 0 Å². The third-order valence-corrected chi connectivity index (χ3v) is 7.46. The van der Waals surface area contributed by atoms with Gasteiger partial charge in [-0.25, -0.2) is 0 Å². The van der Waals surface area contributed by atoms with Crippen molar-refractivity contribution in [2.75, 3.05) is 36.0 Å². The molecule has 1 spiro atoms. The van der Waals surface area contributed by atoms with Crippen LogP contribution in [0.4, 0.5) is 11.4 Å². The summed E-state index contributed by atoms with van der Waals surface area (Å²) in [7, 11) is 0. The summed E-state index contributed by atoms with van der Waals surface area (Å²) < 4.78 is 6.57. The van der Waals surface area contributed by atoms with E-state index in [4.69, 9.17) is 4.74 Å². The molecule has 6 heteroatoms. The fraction of sp³-hybridized carbons (Fsp3) is 0.310. The van der Waals surface area contributed by atoms with E-state index >= 15 is 0 Å². The van der Waals surface area contributed by atoms with Gasteiger partial charge in [0, 0.05) is 66.4 Å². The number of carbonyl (C=O) groups excluding carboxylic acids is 1. The minimum absolute atomic E-state index is 0.107. The van der Waals surface area contributed by atoms with Crippen LogP contribution < -0.4 is 14.5 Å². The van der Waals surface area contributed by atoms with Crippen LogP contribution in [0.3, 0.4) is 0 Å². The van der Waals surface area contributed by atoms with Crippen molar-refractivity contribution in [3.05, 3.63) is 88.4 Å². The minimum Gasteiger partial charge on any atom is -0.457 e. The number of Topliss-reactive ketones (excluding diaryl/α,β-unsaturated/α-hetero) is 1. The lowest BCUT2D eigenvalue weighted by Crippen LogP contribution is -2.40. The largest absolute Gasteiger partial charge is 0.457 e. The standard InChI is InChI=1S/C29H30N4O2/c1-5-32(6-2)19-13-15-23-25(17-19)35-26-18-20(33(7-3)8-4)14-16-24(26)29(23)22-12-10-9-11-21(22)27(34)28(29)31-30/h9-18H,5-8H2,1-4H3. The molecule has 3 aromatic carbocycles. The molecule has 1 aliphatic heterocycles. The SMILES string of the molecule is CCN(CC)c1ccc2c(c1)Oc1cc(N(CC)CC)ccc1C21C(=[N+]=[N-])C(=O)c2ccccc21. The third-order valence-electron chi connectivity index (χ3n) is 7.46. The first-order valence-corrected chi connectivity index (χ1v) is 12.4. The van der Waals surface area contributed by atoms with Crippen LogP contribution in [0.1, 0.15) is 54.7 Å². The van der Waals surface area contributed by atoms with Crippen molar-refractivity contribution in [1.82, 2.24) is 0 Å². The van der Waals surface area contributed by atoms with Crippen LogP contribution in [0.5, 0.6) is 11.5 Å². The zero-order valence-corrected chi connectivity index (χ0v) is 20.7. The molecule has 1 heterocycles. The minimum atomic E-state index is -1.05. The van der Waals surface area contributed by atoms with Crippen LogP contribution in [0, 0.1) is 0 Å². The fourth-order valence-electron chi connectivity index (χ4n) is 5.74. The monoisotopic (exact) mass is 466 g/mol. The summed E-state index contributed by atoms with van der Waals surface area (Å²) in [6.07, 6.45) is 0. The van der Waals surface area contributed by atoms with Crippen molar-refractivity contribution < 1.29 is 14.3 Å². The molecule has 2 aliphatic rings. The second-order valence-corrected chi connectivity index (χ2v) is 8.88. The Hall–Kier alpha value is -3.89. The highest BCUT2D eigenvalue weighted by Crippen LogP contribution is 2.56. The van der Waals surface area contributed by atoms with Gasteiger partial charge in [0.25, 0.3) is 5.78 Å². The zero-order chi connectivity index (χ0) is 24.7. The molecular weight excluding hydrogens is 436 g/mol. The molecule has 0 unspecified atom stereocenters. The molecule has 1 aliphatic carbocycles. The van der Waals surface area contributed by atoms with Crippen LogP contribution in [0.15, 0.2) is 60.7 Å². The van der Waals surface area contributed by atoms with E-state index in [1.807, 2.05) is 42.5 Å². The maximum Gasteiger partial charge on any atom is 0.358 e. The van der Waals surface area contributed by atoms with E-state index in [1.54, 1.807) is 6.07 Å². The molecule has 0 radical (unpaired) electrons. The molecule has 0 saturated heterocycles. The van der Waals surface area contributed by atoms with E-state index < -0.39 is 5.41 Å². The molecule has 3 aromatic rings. The number of ether oxygens (including phenoxy) is 1. The molecule has 0 aromatic heterocycles. The highest BCUT2D eigenvalue weighted by Gasteiger charge is 2.61. The highest BCUT2D eigenvalue weighted by molar-refractivity contribution is 6.52. The topological polar surface area (TPSA) is 69.2 Å². The summed E-state index contributed by atoms with van der Waals surface area (Å²) in [5.74, 6) is 1.08. The zero-order valence-electron chi connectivity index (χ0n) is 20.7. The van der Waals surface area contributed by atoms with Gasteiger partial charge in [0.15, 0.2) is 5.41 Å². The van der Waals surface area contributed by atoms with Gasteiger partial charge in [-0.3, -0.25) is 4.79 Å². The number of benzene rings is 3. The van der Waals surface area contributed by atoms with E-state index in [0.29, 0.717) is 17.1 Å². The van der Waals surface area contributed by atoms with Crippen LogP contribution in [-0.4, -0.2) is 42.5 Å². The van der Waals surface area contributed by atoms with E-state index in [2.05, 4.69) is 54.4 Å². The number of anilines is 2. The normalized spacial score (nSPS) is 14.6. The lowest BCUT2D eigenvalue weighted by molar-refractivity contribution is -0.0118. The van der Waals surface area contributed by atoms with Gasteiger partial charge in [0.1, 0.15) is 11.5 Å². The summed E-state index contributed by atoms with van der Waals surface area (Å²) in [5, 5.41) is 0. The second-order valence-electron chi connectivity index (χ2n) is 8.88. The molecule has 178 valence electrons. The lowest BCUT2D eigenvalue weighted by atomic mass is 9.67. The Morgan fingerprint density at radius 3 is 1.77 bits per heavy atom. The van der Waals surface area contributed by atoms with Gasteiger partial charge in [-0.05, 0) is 45.4 Å². The predicted molar refractivity (Wildman–Crippen MR) is 139 cm³/mol. The van der Waals surface area contributed by atoms with Crippen molar-refractivity contribution in [3.8, 4) is 11.5 Å². The van der Waals surface area contributed by atoms with E-state index in [0.717, 1.165) is 54.2 Å². The fourth-order valence-corrected chi connectivity index (χ4v) is 5.74. The Morgan fingerprint density at radius 2 is 1.29 bits per heavy atom. The first-order chi connectivity index (χ1) is 17.0. The average molecular weight is 467 g/mol. The third kappa shape index (κ3) is 3.14. The van der Waals surface area contributed by atoms with Gasteiger partial charge in [-0.2, -0.15) is 4.79 Å². The molecule has 0 saturated carbocycles. The number of fused-ring (bicyclic) bond motifs is 6. The van der Waals surface area contributed by atoms with Crippen LogP contribution in [0.25, 0.3) is 5.53 Å². The maximum atomic E-state index is 13.5. The lowest BCUT2D eigenvalue weighted by Gasteiger charge is -2.36. The molecule has 35 heavy (non-hydrogen) atoms. The summed E-state index contributed by atoms with van der Waals surface area (Å²) in [4.78, 5) is 21.7. The van der Waals surface area contributed by atoms with Gasteiger partial charge in [-0.1, -0.05) is 36.4 Å². The predicted octanol–water partition coefficient (Wildman–Crippen LogP) is 5.69. The Balaban J connectivity index is 1.85. The molecule has 0 N–H and O–H groups in total. The number of ketones is 1. The molecule has 6 nitrogen and oxygen atoms in total. The Morgan fingerprint density at radius 1 is 0.771 bits per heavy atom. The summed E-state index contributed by atoms with van der Waals surface area (Å²) >= 11 is 0. The van der Waals surface area contributed by atoms with Crippen molar-refractivity contribution in [2.45, 2.75) is 33.1 Å². The highest BCUT2D eigenvalue weighted by atomic mass is 16.5. The Labute approximate surface area is 206 Å². The van der Waals surface area contributed by atoms with Gasteiger partial charge >= 0.3 is 5.71 Å². The first-order valence-electron chi connectivity index (χ1n) is 12.4. The summed E-state index contributed by atoms with van der Waals surface area (Å²) in [6.45, 7) is 12.0. The molecular formula is C29H30N4O2. The van der Waals surface area contributed by atoms with Gasteiger partial charge in [0.05, 0.1) is 0 Å². The van der Waals surface area contributed by atoms with Crippen molar-refractivity contribution in [2.24, 2.45) is 0 Å². The summed E-state index contributed by atoms with van der Waals surface area (Å²) in [5.41, 5.74) is 14.4. The van der Waals surface area contributed by atoms with Crippen LogP contribution >= 0.6 is 0 Å². The molecule has 0 fully saturated rings. The quantitative estimate of drug-likeness (QED) is 0.346. The van der Waals surface area contributed by atoms with Crippen LogP contribution in [-0.2, 0) is 5.41 Å². The second kappa shape index (κ2) is 8.71. The Bertz CT molecular complexity index is 1300. The van der Waals surface area contributed by atoms with E-state index in [9.17, 15) is 10.3 Å². The van der Waals surface area contributed by atoms with Gasteiger partial charge in [-0.15, -0.1) is 0 Å². The summed E-state index contributed by atoms with van der Waals surface area (Å²) in [6, 6.07) is 19.8. The molecule has 0 amide bonds. The van der Waals surface area contributed by atoms with E-state index in [-0.39, 0.29) is 11.5 Å². The number of rotatable bonds is 6. The number of nitrogens with zero attached hydrogens (tertiary/aromatic N) is 4. The number of carbonyl (C=O) groups is 1. The number of hydrogen-bond acceptors (Lipinski definition) is 4. The van der Waals surface area contributed by atoms with Crippen LogP contribution in [0.2, 0.25) is 0 Å². The molecule has 0 bridgehead atoms. The van der Waals surface area contributed by atoms with E-state index in [1.165, 1.54) is 0 Å². The van der Waals surface area contributed by atoms with Crippen molar-refractivity contribution in [1.29, 1.82) is 0 Å². The maximum absolute atomic E-state index is 13.5. The van der Waals surface area contributed by atoms with Gasteiger partial charge in [0.2, 0.25) is 0 Å². The Kier molecular flexibility index (Phi) is 5.70. The van der Waals surface area contributed by atoms with Crippen molar-refractivity contribution >= 4 is 22.9 Å².